The van der Waals surface area contributed by atoms with Gasteiger partial charge in [0.05, 0.1) is 18.5 Å². The van der Waals surface area contributed by atoms with Crippen LogP contribution in [0.2, 0.25) is 0 Å². The van der Waals surface area contributed by atoms with E-state index in [4.69, 9.17) is 11.1 Å². The van der Waals surface area contributed by atoms with Gasteiger partial charge in [-0.25, -0.2) is 4.79 Å². The number of anilines is 1. The number of carbonyl (C=O) groups excluding carboxylic acids is 2. The van der Waals surface area contributed by atoms with E-state index in [0.29, 0.717) is 17.7 Å². The number of nitrogens with one attached hydrogen (secondary N) is 1. The van der Waals surface area contributed by atoms with Gasteiger partial charge >= 0.3 is 12.0 Å². The van der Waals surface area contributed by atoms with Crippen LogP contribution in [0.15, 0.2) is 42.5 Å². The van der Waals surface area contributed by atoms with E-state index < -0.39 is 10.9 Å². The summed E-state index contributed by atoms with van der Waals surface area (Å²) in [5.41, 5.74) is 7.35. The zero-order valence-corrected chi connectivity index (χ0v) is 17.6. The van der Waals surface area contributed by atoms with Crippen molar-refractivity contribution < 1.29 is 19.2 Å². The van der Waals surface area contributed by atoms with E-state index >= 15 is 0 Å². The maximum absolute atomic E-state index is 12.7. The zero-order chi connectivity index (χ0) is 21.8. The Bertz CT molecular complexity index is 1010. The summed E-state index contributed by atoms with van der Waals surface area (Å²) < 4.78 is 4.58. The molecule has 0 spiro atoms. The quantitative estimate of drug-likeness (QED) is 0.219. The summed E-state index contributed by atoms with van der Waals surface area (Å²) in [5.74, 6) is -0.487. The van der Waals surface area contributed by atoms with Gasteiger partial charge < -0.3 is 15.4 Å². The fourth-order valence-corrected chi connectivity index (χ4v) is 3.26. The number of halogens is 1. The van der Waals surface area contributed by atoms with Crippen molar-refractivity contribution in [3.8, 4) is 11.1 Å². The molecule has 164 valence electrons. The molecule has 0 aliphatic carbocycles. The van der Waals surface area contributed by atoms with Crippen LogP contribution in [0.5, 0.6) is 0 Å². The molecule has 0 aromatic heterocycles. The van der Waals surface area contributed by atoms with Crippen molar-refractivity contribution in [3.63, 3.8) is 0 Å². The van der Waals surface area contributed by atoms with E-state index in [1.54, 1.807) is 36.4 Å². The fourth-order valence-electron chi connectivity index (χ4n) is 3.26. The van der Waals surface area contributed by atoms with Crippen LogP contribution in [0.4, 0.5) is 16.2 Å². The summed E-state index contributed by atoms with van der Waals surface area (Å²) in [4.78, 5) is 38.0. The van der Waals surface area contributed by atoms with Gasteiger partial charge in [0.25, 0.3) is 5.69 Å². The lowest BCUT2D eigenvalue weighted by Crippen LogP contribution is -2.33. The SMILES string of the molecule is COC(=O)CCN1CCN(c2ccc(-c3ccc(C(=N)N)cc3)cc2[N+](=O)[O-])C1=O.Cl. The minimum atomic E-state index is -0.521. The number of hydrogen-bond acceptors (Lipinski definition) is 6. The molecular formula is C20H22ClN5O5. The first-order chi connectivity index (χ1) is 14.3. The summed E-state index contributed by atoms with van der Waals surface area (Å²) in [5, 5.41) is 19.1. The summed E-state index contributed by atoms with van der Waals surface area (Å²) in [7, 11) is 1.28. The molecule has 1 fully saturated rings. The van der Waals surface area contributed by atoms with E-state index in [9.17, 15) is 19.7 Å². The summed E-state index contributed by atoms with van der Waals surface area (Å²) >= 11 is 0. The minimum absolute atomic E-state index is 0. The normalized spacial score (nSPS) is 13.0. The molecular weight excluding hydrogens is 426 g/mol. The molecule has 2 aromatic rings. The first kappa shape index (κ1) is 23.6. The molecule has 0 radical (unpaired) electrons. The van der Waals surface area contributed by atoms with E-state index in [2.05, 4.69) is 4.74 Å². The second-order valence-corrected chi connectivity index (χ2v) is 6.70. The maximum Gasteiger partial charge on any atom is 0.324 e. The van der Waals surface area contributed by atoms with Crippen molar-refractivity contribution in [2.75, 3.05) is 31.6 Å². The van der Waals surface area contributed by atoms with Gasteiger partial charge in [-0.15, -0.1) is 12.4 Å². The van der Waals surface area contributed by atoms with Crippen LogP contribution < -0.4 is 10.6 Å². The van der Waals surface area contributed by atoms with Gasteiger partial charge in [0.2, 0.25) is 0 Å². The number of amides is 2. The fraction of sp³-hybridized carbons (Fsp3) is 0.250. The number of nitro groups is 1. The average Bonchev–Trinajstić information content (AvgIpc) is 3.11. The Balaban J connectivity index is 0.00000341. The number of nitrogen functional groups attached to an aromatic ring is 1. The van der Waals surface area contributed by atoms with Crippen LogP contribution in [0.3, 0.4) is 0 Å². The molecule has 31 heavy (non-hydrogen) atoms. The standard InChI is InChI=1S/C20H21N5O5.ClH/c1-30-18(26)8-9-23-10-11-24(20(23)27)16-7-6-15(12-17(16)25(28)29)13-2-4-14(5-3-13)19(21)22;/h2-7,12H,8-11H2,1H3,(H3,21,22);1H. The molecule has 3 rings (SSSR count). The molecule has 1 saturated heterocycles. The van der Waals surface area contributed by atoms with Crippen LogP contribution in [0.1, 0.15) is 12.0 Å². The molecule has 1 heterocycles. The lowest BCUT2D eigenvalue weighted by molar-refractivity contribution is -0.384. The van der Waals surface area contributed by atoms with Crippen molar-refractivity contribution in [3.05, 3.63) is 58.1 Å². The van der Waals surface area contributed by atoms with E-state index in [0.717, 1.165) is 5.56 Å². The molecule has 0 unspecified atom stereocenters. The maximum atomic E-state index is 12.7. The summed E-state index contributed by atoms with van der Waals surface area (Å²) in [6.45, 7) is 0.838. The Morgan fingerprint density at radius 1 is 1.19 bits per heavy atom. The van der Waals surface area contributed by atoms with Gasteiger partial charge in [0.15, 0.2) is 0 Å². The van der Waals surface area contributed by atoms with Crippen molar-refractivity contribution in [1.29, 1.82) is 5.41 Å². The first-order valence-corrected chi connectivity index (χ1v) is 9.18. The van der Waals surface area contributed by atoms with Crippen molar-refractivity contribution >= 4 is 41.6 Å². The second-order valence-electron chi connectivity index (χ2n) is 6.70. The van der Waals surface area contributed by atoms with Crippen molar-refractivity contribution in [1.82, 2.24) is 4.90 Å². The monoisotopic (exact) mass is 447 g/mol. The molecule has 2 aromatic carbocycles. The third-order valence-corrected chi connectivity index (χ3v) is 4.90. The van der Waals surface area contributed by atoms with Gasteiger partial charge in [-0.2, -0.15) is 0 Å². The molecule has 11 heteroatoms. The molecule has 1 aliphatic heterocycles. The highest BCUT2D eigenvalue weighted by Crippen LogP contribution is 2.35. The molecule has 0 saturated carbocycles. The number of methoxy groups -OCH3 is 1. The number of esters is 1. The second kappa shape index (κ2) is 9.90. The Hall–Kier alpha value is -3.66. The lowest BCUT2D eigenvalue weighted by Gasteiger charge is -2.18. The van der Waals surface area contributed by atoms with E-state index in [1.807, 2.05) is 0 Å². The predicted molar refractivity (Wildman–Crippen MR) is 118 cm³/mol. The number of rotatable bonds is 7. The average molecular weight is 448 g/mol. The summed E-state index contributed by atoms with van der Waals surface area (Å²) in [6, 6.07) is 11.1. The Kier molecular flexibility index (Phi) is 7.54. The first-order valence-electron chi connectivity index (χ1n) is 9.18. The van der Waals surface area contributed by atoms with Crippen molar-refractivity contribution in [2.45, 2.75) is 6.42 Å². The smallest absolute Gasteiger partial charge is 0.324 e. The van der Waals surface area contributed by atoms with Gasteiger partial charge in [0.1, 0.15) is 11.5 Å². The number of nitrogens with zero attached hydrogens (tertiary/aromatic N) is 3. The Morgan fingerprint density at radius 2 is 1.84 bits per heavy atom. The molecule has 0 bridgehead atoms. The number of urea groups is 1. The lowest BCUT2D eigenvalue weighted by atomic mass is 10.0. The summed E-state index contributed by atoms with van der Waals surface area (Å²) in [6.07, 6.45) is 0.0629. The molecule has 2 amide bonds. The number of hydrogen-bond donors (Lipinski definition) is 2. The third-order valence-electron chi connectivity index (χ3n) is 4.90. The third kappa shape index (κ3) is 5.10. The molecule has 3 N–H and O–H groups in total. The highest BCUT2D eigenvalue weighted by molar-refractivity contribution is 5.97. The van der Waals surface area contributed by atoms with Crippen LogP contribution in [0, 0.1) is 15.5 Å². The predicted octanol–water partition coefficient (Wildman–Crippen LogP) is 2.77. The van der Waals surface area contributed by atoms with Gasteiger partial charge in [0, 0.05) is 31.3 Å². The van der Waals surface area contributed by atoms with Crippen LogP contribution in [-0.2, 0) is 9.53 Å². The zero-order valence-electron chi connectivity index (χ0n) is 16.7. The topological polar surface area (TPSA) is 143 Å². The highest BCUT2D eigenvalue weighted by atomic mass is 35.5. The van der Waals surface area contributed by atoms with Gasteiger partial charge in [-0.05, 0) is 17.2 Å². The van der Waals surface area contributed by atoms with Crippen LogP contribution in [0.25, 0.3) is 11.1 Å². The number of amidine groups is 1. The minimum Gasteiger partial charge on any atom is -0.469 e. The largest absolute Gasteiger partial charge is 0.469 e. The number of benzene rings is 2. The number of carbonyl (C=O) groups is 2. The number of nitrogens with two attached hydrogens (primary N) is 1. The molecule has 10 nitrogen and oxygen atoms in total. The Morgan fingerprint density at radius 3 is 2.42 bits per heavy atom. The Labute approximate surface area is 184 Å². The van der Waals surface area contributed by atoms with Crippen LogP contribution in [-0.4, -0.2) is 54.4 Å². The molecule has 1 aliphatic rings. The van der Waals surface area contributed by atoms with Crippen molar-refractivity contribution in [2.24, 2.45) is 5.73 Å². The van der Waals surface area contributed by atoms with E-state index in [-0.39, 0.29) is 55.2 Å². The van der Waals surface area contributed by atoms with Gasteiger partial charge in [-0.3, -0.25) is 25.2 Å². The highest BCUT2D eigenvalue weighted by Gasteiger charge is 2.33. The molecule has 0 atom stereocenters. The number of ether oxygens (including phenoxy) is 1. The van der Waals surface area contributed by atoms with Crippen LogP contribution >= 0.6 is 12.4 Å². The van der Waals surface area contributed by atoms with Gasteiger partial charge in [-0.1, -0.05) is 30.3 Å². The van der Waals surface area contributed by atoms with E-state index in [1.165, 1.54) is 23.0 Å². The number of nitro benzene ring substituents is 1.